The van der Waals surface area contributed by atoms with Gasteiger partial charge < -0.3 is 16.4 Å². The molecule has 2 amide bonds. The van der Waals surface area contributed by atoms with E-state index in [-0.39, 0.29) is 36.2 Å². The molecule has 1 aromatic carbocycles. The fourth-order valence-electron chi connectivity index (χ4n) is 1.87. The van der Waals surface area contributed by atoms with E-state index >= 15 is 0 Å². The summed E-state index contributed by atoms with van der Waals surface area (Å²) in [4.78, 5) is 23.5. The summed E-state index contributed by atoms with van der Waals surface area (Å²) in [6.45, 7) is 6.04. The number of hydrogen-bond acceptors (Lipinski definition) is 3. The molecule has 1 aromatic rings. The summed E-state index contributed by atoms with van der Waals surface area (Å²) in [5, 5.41) is 5.54. The zero-order chi connectivity index (χ0) is 15.9. The SMILES string of the molecule is CC(C)(C)NC(=O)CCNC(=O)C(N)Cc1ccccc1.Cl. The smallest absolute Gasteiger partial charge is 0.237 e. The molecule has 124 valence electrons. The van der Waals surface area contributed by atoms with Crippen LogP contribution in [0.1, 0.15) is 32.8 Å². The van der Waals surface area contributed by atoms with Crippen LogP contribution in [-0.2, 0) is 16.0 Å². The Labute approximate surface area is 138 Å². The second kappa shape index (κ2) is 9.43. The Morgan fingerprint density at radius 3 is 2.32 bits per heavy atom. The maximum Gasteiger partial charge on any atom is 0.237 e. The lowest BCUT2D eigenvalue weighted by atomic mass is 10.1. The zero-order valence-electron chi connectivity index (χ0n) is 13.4. The van der Waals surface area contributed by atoms with Crippen LogP contribution >= 0.6 is 12.4 Å². The number of nitrogens with two attached hydrogens (primary N) is 1. The van der Waals surface area contributed by atoms with Crippen LogP contribution in [0, 0.1) is 0 Å². The van der Waals surface area contributed by atoms with Gasteiger partial charge in [-0.05, 0) is 32.8 Å². The normalized spacial score (nSPS) is 12.0. The van der Waals surface area contributed by atoms with Gasteiger partial charge >= 0.3 is 0 Å². The van der Waals surface area contributed by atoms with Crippen molar-refractivity contribution >= 4 is 24.2 Å². The summed E-state index contributed by atoms with van der Waals surface area (Å²) in [5.41, 5.74) is 6.62. The van der Waals surface area contributed by atoms with Crippen molar-refractivity contribution < 1.29 is 9.59 Å². The van der Waals surface area contributed by atoms with E-state index in [4.69, 9.17) is 5.73 Å². The Hall–Kier alpha value is -1.59. The lowest BCUT2D eigenvalue weighted by Crippen LogP contribution is -2.45. The highest BCUT2D eigenvalue weighted by molar-refractivity contribution is 5.85. The van der Waals surface area contributed by atoms with Crippen molar-refractivity contribution in [3.8, 4) is 0 Å². The summed E-state index contributed by atoms with van der Waals surface area (Å²) in [5.74, 6) is -0.318. The molecule has 1 atom stereocenters. The van der Waals surface area contributed by atoms with Crippen molar-refractivity contribution in [1.82, 2.24) is 10.6 Å². The van der Waals surface area contributed by atoms with Gasteiger partial charge in [0.1, 0.15) is 0 Å². The first-order valence-electron chi connectivity index (χ1n) is 7.16. The first-order chi connectivity index (χ1) is 9.78. The third-order valence-corrected chi connectivity index (χ3v) is 2.80. The van der Waals surface area contributed by atoms with Gasteiger partial charge in [-0.3, -0.25) is 9.59 Å². The first kappa shape index (κ1) is 20.4. The van der Waals surface area contributed by atoms with Gasteiger partial charge in [0.15, 0.2) is 0 Å². The molecular formula is C16H26ClN3O2. The minimum Gasteiger partial charge on any atom is -0.354 e. The molecule has 1 rings (SSSR count). The van der Waals surface area contributed by atoms with Gasteiger partial charge in [0.05, 0.1) is 6.04 Å². The number of halogens is 1. The van der Waals surface area contributed by atoms with Gasteiger partial charge in [0.25, 0.3) is 0 Å². The lowest BCUT2D eigenvalue weighted by molar-refractivity contribution is -0.123. The second-order valence-electron chi connectivity index (χ2n) is 6.14. The highest BCUT2D eigenvalue weighted by atomic mass is 35.5. The molecule has 0 saturated heterocycles. The number of benzene rings is 1. The third kappa shape index (κ3) is 8.64. The van der Waals surface area contributed by atoms with E-state index in [1.165, 1.54) is 0 Å². The molecule has 0 aromatic heterocycles. The summed E-state index contributed by atoms with van der Waals surface area (Å²) in [6, 6.07) is 9.02. The highest BCUT2D eigenvalue weighted by Gasteiger charge is 2.16. The van der Waals surface area contributed by atoms with E-state index < -0.39 is 6.04 Å². The molecule has 5 nitrogen and oxygen atoms in total. The van der Waals surface area contributed by atoms with E-state index in [2.05, 4.69) is 10.6 Å². The number of amides is 2. The Bertz CT molecular complexity index is 472. The molecule has 0 fully saturated rings. The molecule has 0 bridgehead atoms. The Morgan fingerprint density at radius 2 is 1.77 bits per heavy atom. The fraction of sp³-hybridized carbons (Fsp3) is 0.500. The Kier molecular flexibility index (Phi) is 8.75. The average molecular weight is 328 g/mol. The standard InChI is InChI=1S/C16H25N3O2.ClH/c1-16(2,3)19-14(20)9-10-18-15(21)13(17)11-12-7-5-4-6-8-12;/h4-8,13H,9-11,17H2,1-3H3,(H,18,21)(H,19,20);1H. The molecular weight excluding hydrogens is 302 g/mol. The molecule has 0 saturated carbocycles. The predicted octanol–water partition coefficient (Wildman–Crippen LogP) is 1.40. The van der Waals surface area contributed by atoms with Crippen molar-refractivity contribution in [1.29, 1.82) is 0 Å². The van der Waals surface area contributed by atoms with E-state index in [0.29, 0.717) is 13.0 Å². The van der Waals surface area contributed by atoms with Crippen LogP contribution in [0.4, 0.5) is 0 Å². The summed E-state index contributed by atoms with van der Waals surface area (Å²) in [7, 11) is 0. The van der Waals surface area contributed by atoms with E-state index in [1.807, 2.05) is 51.1 Å². The maximum absolute atomic E-state index is 11.8. The van der Waals surface area contributed by atoms with Gasteiger partial charge in [-0.15, -0.1) is 12.4 Å². The quantitative estimate of drug-likeness (QED) is 0.738. The van der Waals surface area contributed by atoms with Gasteiger partial charge in [-0.25, -0.2) is 0 Å². The highest BCUT2D eigenvalue weighted by Crippen LogP contribution is 2.02. The molecule has 6 heteroatoms. The predicted molar refractivity (Wildman–Crippen MR) is 90.9 cm³/mol. The van der Waals surface area contributed by atoms with Crippen LogP contribution in [0.15, 0.2) is 30.3 Å². The first-order valence-corrected chi connectivity index (χ1v) is 7.16. The third-order valence-electron chi connectivity index (χ3n) is 2.80. The molecule has 22 heavy (non-hydrogen) atoms. The van der Waals surface area contributed by atoms with Crippen LogP contribution in [0.2, 0.25) is 0 Å². The van der Waals surface area contributed by atoms with Crippen molar-refractivity contribution in [2.45, 2.75) is 45.2 Å². The Balaban J connectivity index is 0.00000441. The van der Waals surface area contributed by atoms with Crippen molar-refractivity contribution in [3.63, 3.8) is 0 Å². The van der Waals surface area contributed by atoms with Gasteiger partial charge in [-0.1, -0.05) is 30.3 Å². The summed E-state index contributed by atoms with van der Waals surface area (Å²) in [6.07, 6.45) is 0.738. The van der Waals surface area contributed by atoms with Crippen LogP contribution in [0.3, 0.4) is 0 Å². The van der Waals surface area contributed by atoms with Gasteiger partial charge in [0.2, 0.25) is 11.8 Å². The van der Waals surface area contributed by atoms with Crippen LogP contribution in [0.5, 0.6) is 0 Å². The topological polar surface area (TPSA) is 84.2 Å². The number of hydrogen-bond donors (Lipinski definition) is 3. The summed E-state index contributed by atoms with van der Waals surface area (Å²) < 4.78 is 0. The van der Waals surface area contributed by atoms with Crippen molar-refractivity contribution in [2.24, 2.45) is 5.73 Å². The number of carbonyl (C=O) groups excluding carboxylic acids is 2. The number of nitrogens with one attached hydrogen (secondary N) is 2. The maximum atomic E-state index is 11.8. The fourth-order valence-corrected chi connectivity index (χ4v) is 1.87. The summed E-state index contributed by atoms with van der Waals surface area (Å²) >= 11 is 0. The second-order valence-corrected chi connectivity index (χ2v) is 6.14. The minimum atomic E-state index is -0.599. The molecule has 4 N–H and O–H groups in total. The number of rotatable bonds is 6. The van der Waals surface area contributed by atoms with E-state index in [0.717, 1.165) is 5.56 Å². The zero-order valence-corrected chi connectivity index (χ0v) is 14.2. The lowest BCUT2D eigenvalue weighted by Gasteiger charge is -2.20. The van der Waals surface area contributed by atoms with Gasteiger partial charge in [-0.2, -0.15) is 0 Å². The molecule has 0 aliphatic rings. The number of carbonyl (C=O) groups is 2. The minimum absolute atomic E-state index is 0. The molecule has 1 unspecified atom stereocenters. The largest absolute Gasteiger partial charge is 0.354 e. The van der Waals surface area contributed by atoms with Crippen LogP contribution in [0.25, 0.3) is 0 Å². The van der Waals surface area contributed by atoms with E-state index in [1.54, 1.807) is 0 Å². The molecule has 0 radical (unpaired) electrons. The van der Waals surface area contributed by atoms with Gasteiger partial charge in [0, 0.05) is 18.5 Å². The molecule has 0 aliphatic carbocycles. The van der Waals surface area contributed by atoms with E-state index in [9.17, 15) is 9.59 Å². The average Bonchev–Trinajstić information content (AvgIpc) is 2.37. The van der Waals surface area contributed by atoms with Crippen LogP contribution < -0.4 is 16.4 Å². The monoisotopic (exact) mass is 327 g/mol. The molecule has 0 heterocycles. The van der Waals surface area contributed by atoms with Crippen molar-refractivity contribution in [2.75, 3.05) is 6.54 Å². The molecule has 0 spiro atoms. The molecule has 0 aliphatic heterocycles. The van der Waals surface area contributed by atoms with Crippen molar-refractivity contribution in [3.05, 3.63) is 35.9 Å². The van der Waals surface area contributed by atoms with Crippen LogP contribution in [-0.4, -0.2) is 29.9 Å². The Morgan fingerprint density at radius 1 is 1.18 bits per heavy atom.